The highest BCUT2D eigenvalue weighted by molar-refractivity contribution is 8.14. The molecule has 0 amide bonds. The first-order valence-corrected chi connectivity index (χ1v) is 16.2. The molecular formula is C26H37N2O11PS2. The number of nitrogens with zero attached hydrogens (tertiary/aromatic N) is 1. The molecule has 1 aromatic rings. The zero-order chi connectivity index (χ0) is 31.8. The summed E-state index contributed by atoms with van der Waals surface area (Å²) in [6.07, 6.45) is 8.93. The van der Waals surface area contributed by atoms with Crippen LogP contribution in [0.2, 0.25) is 0 Å². The summed E-state index contributed by atoms with van der Waals surface area (Å²) in [6, 6.07) is 0. The lowest BCUT2D eigenvalue weighted by molar-refractivity contribution is -0.120. The number of phosphoric acid groups is 1. The molecule has 1 aliphatic heterocycles. The third kappa shape index (κ3) is 9.77. The van der Waals surface area contributed by atoms with Gasteiger partial charge in [-0.05, 0) is 46.8 Å². The number of terminal acetylenes is 1. The van der Waals surface area contributed by atoms with Gasteiger partial charge in [-0.2, -0.15) is 0 Å². The zero-order valence-electron chi connectivity index (χ0n) is 24.1. The van der Waals surface area contributed by atoms with Gasteiger partial charge in [0.15, 0.2) is 22.1 Å². The molecule has 0 spiro atoms. The predicted octanol–water partition coefficient (Wildman–Crippen LogP) is 2.02. The molecule has 0 bridgehead atoms. The number of nitrogens with one attached hydrogen (secondary N) is 1. The Bertz CT molecular complexity index is 1320. The fourth-order valence-electron chi connectivity index (χ4n) is 3.04. The van der Waals surface area contributed by atoms with Crippen molar-refractivity contribution < 1.29 is 42.7 Å². The summed E-state index contributed by atoms with van der Waals surface area (Å²) < 4.78 is 36.9. The van der Waals surface area contributed by atoms with Crippen LogP contribution >= 0.6 is 31.3 Å². The molecule has 0 radical (unpaired) electrons. The molecule has 0 saturated carbocycles. The van der Waals surface area contributed by atoms with E-state index in [-0.39, 0.29) is 53.7 Å². The summed E-state index contributed by atoms with van der Waals surface area (Å²) in [5.41, 5.74) is -4.52. The van der Waals surface area contributed by atoms with Crippen LogP contribution in [0.1, 0.15) is 39.5 Å². The minimum Gasteiger partial charge on any atom is -0.395 e. The highest BCUT2D eigenvalue weighted by Crippen LogP contribution is 2.51. The number of hydrogen-bond acceptors (Lipinski definition) is 13. The number of H-pyrrole nitrogens is 1. The number of carbonyl (C=O) groups excluding carboxylic acids is 2. The van der Waals surface area contributed by atoms with Crippen LogP contribution in [-0.4, -0.2) is 80.1 Å². The molecule has 3 N–H and O–H groups in total. The van der Waals surface area contributed by atoms with Gasteiger partial charge in [0.05, 0.1) is 37.3 Å². The molecule has 0 aromatic carbocycles. The molecule has 0 unspecified atom stereocenters. The van der Waals surface area contributed by atoms with Gasteiger partial charge >= 0.3 is 13.5 Å². The van der Waals surface area contributed by atoms with Gasteiger partial charge in [0, 0.05) is 23.3 Å². The molecule has 2 atom stereocenters. The Hall–Kier alpha value is -1.99. The number of carbonyl (C=O) groups is 2. The van der Waals surface area contributed by atoms with Gasteiger partial charge in [0.25, 0.3) is 5.56 Å². The van der Waals surface area contributed by atoms with Crippen molar-refractivity contribution in [1.82, 2.24) is 9.55 Å². The van der Waals surface area contributed by atoms with Gasteiger partial charge in [-0.25, -0.2) is 9.36 Å². The quantitative estimate of drug-likeness (QED) is 0.103. The average Bonchev–Trinajstić information content (AvgIpc) is 3.38. The number of hydrogen-bond donors (Lipinski definition) is 3. The second kappa shape index (κ2) is 15.1. The molecule has 42 heavy (non-hydrogen) atoms. The normalized spacial score (nSPS) is 19.1. The number of thioether (sulfide) groups is 2. The summed E-state index contributed by atoms with van der Waals surface area (Å²) in [5, 5.41) is 18.2. The smallest absolute Gasteiger partial charge is 0.395 e. The monoisotopic (exact) mass is 648 g/mol. The molecule has 16 heteroatoms. The van der Waals surface area contributed by atoms with E-state index >= 15 is 0 Å². The van der Waals surface area contributed by atoms with E-state index in [1.54, 1.807) is 27.7 Å². The fourth-order valence-corrected chi connectivity index (χ4v) is 6.10. The summed E-state index contributed by atoms with van der Waals surface area (Å²) in [7, 11) is -4.33. The molecule has 2 rings (SSSR count). The Morgan fingerprint density at radius 2 is 1.62 bits per heavy atom. The lowest BCUT2D eigenvalue weighted by Gasteiger charge is -2.26. The van der Waals surface area contributed by atoms with Crippen LogP contribution in [0.4, 0.5) is 0 Å². The Kier molecular flexibility index (Phi) is 13.1. The van der Waals surface area contributed by atoms with Crippen molar-refractivity contribution >= 4 is 41.6 Å². The van der Waals surface area contributed by atoms with Crippen molar-refractivity contribution in [3.05, 3.63) is 44.8 Å². The Balaban J connectivity index is 2.10. The third-order valence-electron chi connectivity index (χ3n) is 5.99. The number of aryl methyl sites for hydroxylation is 1. The van der Waals surface area contributed by atoms with Crippen LogP contribution < -0.4 is 11.2 Å². The van der Waals surface area contributed by atoms with Crippen LogP contribution in [0, 0.1) is 30.1 Å². The van der Waals surface area contributed by atoms with E-state index in [0.29, 0.717) is 0 Å². The average molecular weight is 649 g/mol. The summed E-state index contributed by atoms with van der Waals surface area (Å²) in [4.78, 5) is 50.7. The Labute approximate surface area is 252 Å². The van der Waals surface area contributed by atoms with E-state index in [0.717, 1.165) is 28.1 Å². The van der Waals surface area contributed by atoms with Crippen LogP contribution in [0.3, 0.4) is 0 Å². The van der Waals surface area contributed by atoms with E-state index in [9.17, 15) is 34.0 Å². The maximum Gasteiger partial charge on any atom is 0.474 e. The van der Waals surface area contributed by atoms with Crippen LogP contribution in [0.5, 0.6) is 0 Å². The molecule has 2 heterocycles. The number of aromatic amines is 1. The van der Waals surface area contributed by atoms with E-state index in [1.165, 1.54) is 25.3 Å². The van der Waals surface area contributed by atoms with Crippen molar-refractivity contribution in [1.29, 1.82) is 0 Å². The molecule has 1 aromatic heterocycles. The molecule has 13 nitrogen and oxygen atoms in total. The topological polar surface area (TPSA) is 183 Å². The van der Waals surface area contributed by atoms with E-state index in [1.807, 2.05) is 0 Å². The van der Waals surface area contributed by atoms with Crippen molar-refractivity contribution in [2.24, 2.45) is 10.8 Å². The third-order valence-corrected chi connectivity index (χ3v) is 9.80. The van der Waals surface area contributed by atoms with Crippen LogP contribution in [0.25, 0.3) is 0 Å². The Morgan fingerprint density at radius 1 is 1.10 bits per heavy atom. The Morgan fingerprint density at radius 3 is 2.10 bits per heavy atom. The van der Waals surface area contributed by atoms with Crippen molar-refractivity contribution in [3.63, 3.8) is 0 Å². The molecule has 1 aliphatic rings. The summed E-state index contributed by atoms with van der Waals surface area (Å²) >= 11 is 1.76. The SMILES string of the molecule is C#C[C@@]1(COP(=O)(OCCSC(=O)C(C)(C)CO)OCCSC(=O)C(C)(C)CO)C=C[C@H](n2cc(C)c(=O)[nH]c2=O)O1. The predicted molar refractivity (Wildman–Crippen MR) is 159 cm³/mol. The number of aliphatic hydroxyl groups excluding tert-OH is 2. The van der Waals surface area contributed by atoms with E-state index < -0.39 is 48.3 Å². The zero-order valence-corrected chi connectivity index (χ0v) is 26.6. The minimum absolute atomic E-state index is 0.0735. The highest BCUT2D eigenvalue weighted by Gasteiger charge is 2.40. The van der Waals surface area contributed by atoms with Gasteiger partial charge < -0.3 is 14.9 Å². The van der Waals surface area contributed by atoms with Gasteiger partial charge in [0.2, 0.25) is 0 Å². The van der Waals surface area contributed by atoms with Gasteiger partial charge in [-0.15, -0.1) is 6.42 Å². The van der Waals surface area contributed by atoms with Crippen LogP contribution in [-0.2, 0) is 32.5 Å². The second-order valence-corrected chi connectivity index (χ2v) is 14.4. The second-order valence-electron chi connectivity index (χ2n) is 10.6. The number of rotatable bonds is 16. The lowest BCUT2D eigenvalue weighted by atomic mass is 9.97. The molecule has 0 aliphatic carbocycles. The first-order chi connectivity index (χ1) is 19.5. The van der Waals surface area contributed by atoms with E-state index in [2.05, 4.69) is 10.9 Å². The summed E-state index contributed by atoms with van der Waals surface area (Å²) in [5.74, 6) is 2.55. The van der Waals surface area contributed by atoms with Gasteiger partial charge in [-0.1, -0.05) is 29.4 Å². The molecular weight excluding hydrogens is 611 g/mol. The fraction of sp³-hybridized carbons (Fsp3) is 0.615. The molecule has 234 valence electrons. The molecule has 0 fully saturated rings. The summed E-state index contributed by atoms with van der Waals surface area (Å²) in [6.45, 7) is 6.19. The largest absolute Gasteiger partial charge is 0.474 e. The number of aromatic nitrogens is 2. The minimum atomic E-state index is -4.33. The standard InChI is InChI=1S/C26H37N2O11PS2/c1-7-26(9-8-19(39-26)28-14-18(2)20(31)27-23(28)34)17-38-40(35,36-10-12-41-21(32)24(3,4)15-29)37-11-13-42-22(33)25(5,6)16-30/h1,8-9,14,19,29-30H,10-13,15-17H2,2-6H3,(H,27,31,34)/t19-,26+/m1/s1. The maximum atomic E-state index is 13.5. The molecule has 0 saturated heterocycles. The maximum absolute atomic E-state index is 13.5. The van der Waals surface area contributed by atoms with Crippen molar-refractivity contribution in [2.75, 3.05) is 44.5 Å². The number of aliphatic hydroxyl groups is 2. The lowest BCUT2D eigenvalue weighted by Crippen LogP contribution is -2.37. The van der Waals surface area contributed by atoms with Crippen molar-refractivity contribution in [2.45, 2.75) is 46.4 Å². The van der Waals surface area contributed by atoms with Crippen LogP contribution in [0.15, 0.2) is 27.9 Å². The van der Waals surface area contributed by atoms with Crippen molar-refractivity contribution in [3.8, 4) is 12.3 Å². The van der Waals surface area contributed by atoms with Gasteiger partial charge in [0.1, 0.15) is 6.61 Å². The number of phosphoric ester groups is 1. The highest BCUT2D eigenvalue weighted by atomic mass is 32.2. The first-order valence-electron chi connectivity index (χ1n) is 12.8. The van der Waals surface area contributed by atoms with E-state index in [4.69, 9.17) is 24.7 Å². The number of ether oxygens (including phenoxy) is 1. The first kappa shape index (κ1) is 36.2. The van der Waals surface area contributed by atoms with Gasteiger partial charge in [-0.3, -0.25) is 37.5 Å².